The van der Waals surface area contributed by atoms with Crippen LogP contribution in [0.4, 0.5) is 15.9 Å². The first-order valence-electron chi connectivity index (χ1n) is 5.15. The molecule has 3 N–H and O–H groups in total. The van der Waals surface area contributed by atoms with Gasteiger partial charge in [0.25, 0.3) is 5.91 Å². The van der Waals surface area contributed by atoms with Crippen LogP contribution in [0.1, 0.15) is 10.4 Å². The van der Waals surface area contributed by atoms with E-state index in [9.17, 15) is 9.18 Å². The minimum atomic E-state index is -0.625. The highest BCUT2D eigenvalue weighted by atomic mass is 35.5. The van der Waals surface area contributed by atoms with Crippen LogP contribution in [0, 0.1) is 5.82 Å². The van der Waals surface area contributed by atoms with Crippen LogP contribution in [-0.4, -0.2) is 10.9 Å². The van der Waals surface area contributed by atoms with E-state index in [0.29, 0.717) is 0 Å². The summed E-state index contributed by atoms with van der Waals surface area (Å²) >= 11 is 11.4. The summed E-state index contributed by atoms with van der Waals surface area (Å²) < 4.78 is 13.2. The average molecular weight is 300 g/mol. The van der Waals surface area contributed by atoms with E-state index >= 15 is 0 Å². The van der Waals surface area contributed by atoms with Gasteiger partial charge in [-0.2, -0.15) is 0 Å². The number of amides is 1. The third kappa shape index (κ3) is 3.13. The molecule has 1 aromatic carbocycles. The molecule has 7 heteroatoms. The average Bonchev–Trinajstić information content (AvgIpc) is 2.36. The number of nitrogens with zero attached hydrogens (tertiary/aromatic N) is 1. The molecule has 0 spiro atoms. The number of halogens is 3. The third-order valence-electron chi connectivity index (χ3n) is 2.30. The van der Waals surface area contributed by atoms with Gasteiger partial charge in [-0.25, -0.2) is 9.37 Å². The first-order valence-corrected chi connectivity index (χ1v) is 5.90. The first kappa shape index (κ1) is 13.6. The second-order valence-corrected chi connectivity index (χ2v) is 4.49. The predicted octanol–water partition coefficient (Wildman–Crippen LogP) is 3.36. The molecule has 0 atom stereocenters. The Morgan fingerprint density at radius 3 is 2.68 bits per heavy atom. The fourth-order valence-corrected chi connectivity index (χ4v) is 1.71. The molecular formula is C12H8Cl2FN3O. The van der Waals surface area contributed by atoms with Gasteiger partial charge in [0.1, 0.15) is 11.6 Å². The smallest absolute Gasteiger partial charge is 0.257 e. The number of carbonyl (C=O) groups is 1. The summed E-state index contributed by atoms with van der Waals surface area (Å²) in [4.78, 5) is 15.7. The molecule has 2 aromatic rings. The zero-order valence-corrected chi connectivity index (χ0v) is 11.0. The molecule has 0 radical (unpaired) electrons. The number of anilines is 2. The number of pyridine rings is 1. The van der Waals surface area contributed by atoms with Crippen molar-refractivity contribution in [2.45, 2.75) is 0 Å². The lowest BCUT2D eigenvalue weighted by atomic mass is 10.2. The van der Waals surface area contributed by atoms with Gasteiger partial charge in [-0.15, -0.1) is 0 Å². The SMILES string of the molecule is Nc1cc(C(=O)Nc2ccc(Cl)c(F)c2)c(Cl)cn1. The molecule has 1 amide bonds. The molecule has 2 rings (SSSR count). The van der Waals surface area contributed by atoms with Gasteiger partial charge in [0.2, 0.25) is 0 Å². The van der Waals surface area contributed by atoms with Gasteiger partial charge < -0.3 is 11.1 Å². The van der Waals surface area contributed by atoms with E-state index < -0.39 is 11.7 Å². The molecule has 1 aromatic heterocycles. The van der Waals surface area contributed by atoms with Gasteiger partial charge in [0.15, 0.2) is 0 Å². The van der Waals surface area contributed by atoms with Gasteiger partial charge in [-0.3, -0.25) is 4.79 Å². The number of benzene rings is 1. The van der Waals surface area contributed by atoms with Crippen molar-refractivity contribution < 1.29 is 9.18 Å². The Morgan fingerprint density at radius 2 is 2.00 bits per heavy atom. The van der Waals surface area contributed by atoms with Crippen molar-refractivity contribution in [2.75, 3.05) is 11.1 Å². The summed E-state index contributed by atoms with van der Waals surface area (Å²) in [7, 11) is 0. The fourth-order valence-electron chi connectivity index (χ4n) is 1.40. The maximum absolute atomic E-state index is 13.2. The summed E-state index contributed by atoms with van der Waals surface area (Å²) in [6, 6.07) is 5.26. The topological polar surface area (TPSA) is 68.0 Å². The van der Waals surface area contributed by atoms with Crippen molar-refractivity contribution in [3.63, 3.8) is 0 Å². The van der Waals surface area contributed by atoms with Crippen LogP contribution in [0.3, 0.4) is 0 Å². The second-order valence-electron chi connectivity index (χ2n) is 3.67. The molecular weight excluding hydrogens is 292 g/mol. The number of nitrogens with two attached hydrogens (primary N) is 1. The Hall–Kier alpha value is -1.85. The van der Waals surface area contributed by atoms with Crippen molar-refractivity contribution in [3.05, 3.63) is 51.9 Å². The number of aromatic nitrogens is 1. The first-order chi connectivity index (χ1) is 8.97. The number of nitrogens with one attached hydrogen (secondary N) is 1. The van der Waals surface area contributed by atoms with Crippen LogP contribution in [0.15, 0.2) is 30.5 Å². The molecule has 0 aliphatic heterocycles. The third-order valence-corrected chi connectivity index (χ3v) is 2.91. The van der Waals surface area contributed by atoms with Gasteiger partial charge >= 0.3 is 0 Å². The Balaban J connectivity index is 2.25. The minimum Gasteiger partial charge on any atom is -0.384 e. The quantitative estimate of drug-likeness (QED) is 0.893. The lowest BCUT2D eigenvalue weighted by molar-refractivity contribution is 0.102. The highest BCUT2D eigenvalue weighted by Crippen LogP contribution is 2.21. The van der Waals surface area contributed by atoms with Crippen LogP contribution in [0.25, 0.3) is 0 Å². The van der Waals surface area contributed by atoms with E-state index in [2.05, 4.69) is 10.3 Å². The van der Waals surface area contributed by atoms with E-state index in [1.807, 2.05) is 0 Å². The van der Waals surface area contributed by atoms with Crippen LogP contribution >= 0.6 is 23.2 Å². The highest BCUT2D eigenvalue weighted by molar-refractivity contribution is 6.34. The normalized spacial score (nSPS) is 10.3. The summed E-state index contributed by atoms with van der Waals surface area (Å²) in [5, 5.41) is 2.62. The Bertz CT molecular complexity index is 649. The molecule has 0 saturated heterocycles. The molecule has 0 fully saturated rings. The lowest BCUT2D eigenvalue weighted by Crippen LogP contribution is -2.13. The van der Waals surface area contributed by atoms with Crippen molar-refractivity contribution in [2.24, 2.45) is 0 Å². The second kappa shape index (κ2) is 5.42. The predicted molar refractivity (Wildman–Crippen MR) is 73.0 cm³/mol. The van der Waals surface area contributed by atoms with Crippen LogP contribution in [-0.2, 0) is 0 Å². The standard InChI is InChI=1S/C12H8Cl2FN3O/c13-8-2-1-6(3-10(8)15)18-12(19)7-4-11(16)17-5-9(7)14/h1-5H,(H2,16,17)(H,18,19). The van der Waals surface area contributed by atoms with Gasteiger partial charge in [-0.1, -0.05) is 23.2 Å². The largest absolute Gasteiger partial charge is 0.384 e. The maximum atomic E-state index is 13.2. The number of nitrogen functional groups attached to an aromatic ring is 1. The zero-order chi connectivity index (χ0) is 14.0. The summed E-state index contributed by atoms with van der Waals surface area (Å²) in [6.45, 7) is 0. The minimum absolute atomic E-state index is 0.0239. The lowest BCUT2D eigenvalue weighted by Gasteiger charge is -2.07. The maximum Gasteiger partial charge on any atom is 0.257 e. The number of hydrogen-bond donors (Lipinski definition) is 2. The Kier molecular flexibility index (Phi) is 3.87. The number of carbonyl (C=O) groups excluding carboxylic acids is 1. The number of hydrogen-bond acceptors (Lipinski definition) is 3. The van der Waals surface area contributed by atoms with Gasteiger partial charge in [0, 0.05) is 11.9 Å². The Morgan fingerprint density at radius 1 is 1.26 bits per heavy atom. The molecule has 0 aliphatic carbocycles. The highest BCUT2D eigenvalue weighted by Gasteiger charge is 2.12. The summed E-state index contributed by atoms with van der Waals surface area (Å²) in [5.74, 6) is -0.975. The molecule has 98 valence electrons. The van der Waals surface area contributed by atoms with Crippen molar-refractivity contribution in [1.82, 2.24) is 4.98 Å². The van der Waals surface area contributed by atoms with E-state index in [-0.39, 0.29) is 27.1 Å². The van der Waals surface area contributed by atoms with E-state index in [1.54, 1.807) is 0 Å². The van der Waals surface area contributed by atoms with E-state index in [4.69, 9.17) is 28.9 Å². The molecule has 1 heterocycles. The van der Waals surface area contributed by atoms with Crippen molar-refractivity contribution >= 4 is 40.6 Å². The van der Waals surface area contributed by atoms with E-state index in [1.165, 1.54) is 24.4 Å². The van der Waals surface area contributed by atoms with Crippen LogP contribution < -0.4 is 11.1 Å². The van der Waals surface area contributed by atoms with Crippen molar-refractivity contribution in [3.8, 4) is 0 Å². The van der Waals surface area contributed by atoms with Crippen LogP contribution in [0.5, 0.6) is 0 Å². The summed E-state index contributed by atoms with van der Waals surface area (Å²) in [5.41, 5.74) is 5.89. The zero-order valence-electron chi connectivity index (χ0n) is 9.45. The fraction of sp³-hybridized carbons (Fsp3) is 0. The monoisotopic (exact) mass is 299 g/mol. The molecule has 0 bridgehead atoms. The van der Waals surface area contributed by atoms with Gasteiger partial charge in [-0.05, 0) is 24.3 Å². The number of rotatable bonds is 2. The van der Waals surface area contributed by atoms with E-state index in [0.717, 1.165) is 6.07 Å². The molecule has 0 aliphatic rings. The molecule has 0 saturated carbocycles. The molecule has 4 nitrogen and oxygen atoms in total. The van der Waals surface area contributed by atoms with Gasteiger partial charge in [0.05, 0.1) is 15.6 Å². The Labute approximate surface area is 118 Å². The summed E-state index contributed by atoms with van der Waals surface area (Å²) in [6.07, 6.45) is 1.27. The molecule has 19 heavy (non-hydrogen) atoms. The van der Waals surface area contributed by atoms with Crippen LogP contribution in [0.2, 0.25) is 10.0 Å². The van der Waals surface area contributed by atoms with Crippen molar-refractivity contribution in [1.29, 1.82) is 0 Å². The molecule has 0 unspecified atom stereocenters.